The highest BCUT2D eigenvalue weighted by molar-refractivity contribution is 6.03. The molecule has 0 bridgehead atoms. The molecule has 0 saturated carbocycles. The van der Waals surface area contributed by atoms with Gasteiger partial charge in [-0.1, -0.05) is 0 Å². The molecule has 1 saturated heterocycles. The van der Waals surface area contributed by atoms with Crippen LogP contribution in [0.1, 0.15) is 13.8 Å². The third kappa shape index (κ3) is 1.65. The Morgan fingerprint density at radius 1 is 1.54 bits per heavy atom. The maximum absolute atomic E-state index is 11.4. The molecule has 1 aliphatic rings. The lowest BCUT2D eigenvalue weighted by atomic mass is 10.3. The standard InChI is InChI=1S/C8H14N2O3/c1-5(11)4-10-6(2)7(12)9(3)8(10)13/h5-6,11H,4H2,1-3H3. The smallest absolute Gasteiger partial charge is 0.327 e. The molecule has 0 aromatic heterocycles. The number of β-amino-alcohol motifs (C(OH)–C–C–N with tert-alkyl or cyclic N) is 1. The molecule has 0 aromatic carbocycles. The number of aliphatic hydroxyl groups excluding tert-OH is 1. The van der Waals surface area contributed by atoms with E-state index >= 15 is 0 Å². The van der Waals surface area contributed by atoms with Gasteiger partial charge in [-0.2, -0.15) is 0 Å². The summed E-state index contributed by atoms with van der Waals surface area (Å²) in [6.07, 6.45) is -0.606. The number of amides is 3. The van der Waals surface area contributed by atoms with Crippen LogP contribution in [0.4, 0.5) is 4.79 Å². The first kappa shape index (κ1) is 9.98. The highest BCUT2D eigenvalue weighted by Gasteiger charge is 2.40. The summed E-state index contributed by atoms with van der Waals surface area (Å²) in [6, 6.07) is -0.787. The molecule has 1 aliphatic heterocycles. The van der Waals surface area contributed by atoms with Crippen LogP contribution in [-0.2, 0) is 4.79 Å². The predicted molar refractivity (Wildman–Crippen MR) is 46.0 cm³/mol. The van der Waals surface area contributed by atoms with E-state index in [9.17, 15) is 9.59 Å². The Kier molecular flexibility index (Phi) is 2.56. The van der Waals surface area contributed by atoms with Gasteiger partial charge in [-0.25, -0.2) is 4.79 Å². The van der Waals surface area contributed by atoms with E-state index in [1.165, 1.54) is 11.9 Å². The van der Waals surface area contributed by atoms with Crippen LogP contribution in [0, 0.1) is 0 Å². The predicted octanol–water partition coefficient (Wildman–Crippen LogP) is -0.350. The van der Waals surface area contributed by atoms with Crippen LogP contribution < -0.4 is 0 Å². The van der Waals surface area contributed by atoms with Crippen molar-refractivity contribution in [1.82, 2.24) is 9.80 Å². The number of carbonyl (C=O) groups is 2. The van der Waals surface area contributed by atoms with E-state index in [1.807, 2.05) is 0 Å². The van der Waals surface area contributed by atoms with E-state index < -0.39 is 12.1 Å². The van der Waals surface area contributed by atoms with Crippen molar-refractivity contribution in [2.45, 2.75) is 26.0 Å². The molecular weight excluding hydrogens is 172 g/mol. The Morgan fingerprint density at radius 2 is 2.08 bits per heavy atom. The lowest BCUT2D eigenvalue weighted by Crippen LogP contribution is -2.38. The number of aliphatic hydroxyl groups is 1. The minimum atomic E-state index is -0.606. The second kappa shape index (κ2) is 3.33. The van der Waals surface area contributed by atoms with Crippen molar-refractivity contribution >= 4 is 11.9 Å². The number of nitrogens with zero attached hydrogens (tertiary/aromatic N) is 2. The van der Waals surface area contributed by atoms with Gasteiger partial charge in [0.25, 0.3) is 5.91 Å². The molecule has 1 heterocycles. The fourth-order valence-electron chi connectivity index (χ4n) is 1.39. The van der Waals surface area contributed by atoms with Crippen molar-refractivity contribution in [3.8, 4) is 0 Å². The lowest BCUT2D eigenvalue weighted by Gasteiger charge is -2.19. The minimum Gasteiger partial charge on any atom is -0.392 e. The van der Waals surface area contributed by atoms with Crippen LogP contribution in [-0.4, -0.2) is 52.6 Å². The first-order valence-corrected chi connectivity index (χ1v) is 4.21. The van der Waals surface area contributed by atoms with Crippen molar-refractivity contribution in [3.05, 3.63) is 0 Å². The van der Waals surface area contributed by atoms with Gasteiger partial charge in [0.05, 0.1) is 6.10 Å². The van der Waals surface area contributed by atoms with Crippen molar-refractivity contribution in [2.75, 3.05) is 13.6 Å². The Labute approximate surface area is 76.9 Å². The molecule has 5 nitrogen and oxygen atoms in total. The second-order valence-electron chi connectivity index (χ2n) is 3.36. The number of urea groups is 1. The molecule has 1 rings (SSSR count). The Morgan fingerprint density at radius 3 is 2.38 bits per heavy atom. The maximum Gasteiger partial charge on any atom is 0.327 e. The van der Waals surface area contributed by atoms with Crippen molar-refractivity contribution < 1.29 is 14.7 Å². The summed E-state index contributed by atoms with van der Waals surface area (Å²) in [4.78, 5) is 25.1. The molecule has 0 radical (unpaired) electrons. The molecule has 0 spiro atoms. The van der Waals surface area contributed by atoms with Gasteiger partial charge in [0.2, 0.25) is 0 Å². The molecule has 1 N–H and O–H groups in total. The van der Waals surface area contributed by atoms with Gasteiger partial charge in [-0.3, -0.25) is 9.69 Å². The van der Waals surface area contributed by atoms with E-state index in [0.717, 1.165) is 4.90 Å². The van der Waals surface area contributed by atoms with E-state index in [-0.39, 0.29) is 18.5 Å². The van der Waals surface area contributed by atoms with Crippen molar-refractivity contribution in [2.24, 2.45) is 0 Å². The van der Waals surface area contributed by atoms with E-state index in [0.29, 0.717) is 0 Å². The van der Waals surface area contributed by atoms with Crippen LogP contribution >= 0.6 is 0 Å². The Balaban J connectivity index is 2.75. The summed E-state index contributed by atoms with van der Waals surface area (Å²) in [6.45, 7) is 3.45. The van der Waals surface area contributed by atoms with Gasteiger partial charge in [-0.05, 0) is 13.8 Å². The van der Waals surface area contributed by atoms with E-state index in [1.54, 1.807) is 13.8 Å². The van der Waals surface area contributed by atoms with E-state index in [4.69, 9.17) is 5.11 Å². The molecule has 2 atom stereocenters. The molecule has 2 unspecified atom stereocenters. The summed E-state index contributed by atoms with van der Waals surface area (Å²) >= 11 is 0. The summed E-state index contributed by atoms with van der Waals surface area (Å²) in [5.74, 6) is -0.217. The molecule has 0 aromatic rings. The SMILES string of the molecule is CC(O)CN1C(=O)N(C)C(=O)C1C. The van der Waals surface area contributed by atoms with Crippen LogP contribution in [0.15, 0.2) is 0 Å². The van der Waals surface area contributed by atoms with E-state index in [2.05, 4.69) is 0 Å². The number of imide groups is 1. The minimum absolute atomic E-state index is 0.204. The molecule has 0 aliphatic carbocycles. The van der Waals surface area contributed by atoms with Crippen LogP contribution in [0.25, 0.3) is 0 Å². The molecule has 1 fully saturated rings. The van der Waals surface area contributed by atoms with Crippen LogP contribution in [0.2, 0.25) is 0 Å². The molecule has 3 amide bonds. The van der Waals surface area contributed by atoms with Gasteiger partial charge >= 0.3 is 6.03 Å². The van der Waals surface area contributed by atoms with Gasteiger partial charge in [0.15, 0.2) is 0 Å². The van der Waals surface area contributed by atoms with Gasteiger partial charge in [0, 0.05) is 13.6 Å². The molecule has 5 heteroatoms. The number of carbonyl (C=O) groups excluding carboxylic acids is 2. The summed E-state index contributed by atoms with van der Waals surface area (Å²) in [5, 5.41) is 9.10. The zero-order chi connectivity index (χ0) is 10.2. The summed E-state index contributed by atoms with van der Waals surface area (Å²) < 4.78 is 0. The Bertz CT molecular complexity index is 240. The topological polar surface area (TPSA) is 60.9 Å². The third-order valence-corrected chi connectivity index (χ3v) is 2.15. The number of rotatable bonds is 2. The number of likely N-dealkylation sites (N-methyl/N-ethyl adjacent to an activating group) is 1. The quantitative estimate of drug-likeness (QED) is 0.599. The fourth-order valence-corrected chi connectivity index (χ4v) is 1.39. The number of hydrogen-bond donors (Lipinski definition) is 1. The monoisotopic (exact) mass is 186 g/mol. The van der Waals surface area contributed by atoms with Crippen LogP contribution in [0.5, 0.6) is 0 Å². The molecular formula is C8H14N2O3. The summed E-state index contributed by atoms with van der Waals surface area (Å²) in [5.41, 5.74) is 0. The lowest BCUT2D eigenvalue weighted by molar-refractivity contribution is -0.127. The second-order valence-corrected chi connectivity index (χ2v) is 3.36. The van der Waals surface area contributed by atoms with Gasteiger partial charge < -0.3 is 10.0 Å². The zero-order valence-electron chi connectivity index (χ0n) is 8.02. The highest BCUT2D eigenvalue weighted by atomic mass is 16.3. The van der Waals surface area contributed by atoms with Gasteiger partial charge in [0.1, 0.15) is 6.04 Å². The fraction of sp³-hybridized carbons (Fsp3) is 0.750. The normalized spacial score (nSPS) is 25.7. The van der Waals surface area contributed by atoms with Crippen molar-refractivity contribution in [1.29, 1.82) is 0 Å². The average molecular weight is 186 g/mol. The van der Waals surface area contributed by atoms with Gasteiger partial charge in [-0.15, -0.1) is 0 Å². The van der Waals surface area contributed by atoms with Crippen molar-refractivity contribution in [3.63, 3.8) is 0 Å². The first-order valence-electron chi connectivity index (χ1n) is 4.21. The average Bonchev–Trinajstić information content (AvgIpc) is 2.22. The Hall–Kier alpha value is -1.10. The first-order chi connectivity index (χ1) is 5.95. The number of hydrogen-bond acceptors (Lipinski definition) is 3. The highest BCUT2D eigenvalue weighted by Crippen LogP contribution is 2.15. The van der Waals surface area contributed by atoms with Crippen LogP contribution in [0.3, 0.4) is 0 Å². The third-order valence-electron chi connectivity index (χ3n) is 2.15. The molecule has 13 heavy (non-hydrogen) atoms. The maximum atomic E-state index is 11.4. The molecule has 74 valence electrons. The zero-order valence-corrected chi connectivity index (χ0v) is 8.02. The summed E-state index contributed by atoms with van der Waals surface area (Å²) in [7, 11) is 1.45. The largest absolute Gasteiger partial charge is 0.392 e.